The number of carbonyl (C=O) groups is 1. The zero-order chi connectivity index (χ0) is 11.4. The van der Waals surface area contributed by atoms with Crippen molar-refractivity contribution in [3.05, 3.63) is 24.3 Å². The molecule has 0 saturated carbocycles. The van der Waals surface area contributed by atoms with Crippen LogP contribution in [0.3, 0.4) is 0 Å². The molecule has 1 aromatic carbocycles. The number of nitrogens with one attached hydrogen (secondary N) is 2. The fraction of sp³-hybridized carbons (Fsp3) is 0.364. The van der Waals surface area contributed by atoms with E-state index in [2.05, 4.69) is 10.6 Å². The van der Waals surface area contributed by atoms with Gasteiger partial charge in [0.05, 0.1) is 13.2 Å². The SMILES string of the molecule is COc1cccc(OC(=O)NC2CNC2)c1. The van der Waals surface area contributed by atoms with E-state index in [1.54, 1.807) is 31.4 Å². The minimum absolute atomic E-state index is 0.179. The number of hydrogen-bond acceptors (Lipinski definition) is 4. The zero-order valence-corrected chi connectivity index (χ0v) is 9.03. The third kappa shape index (κ3) is 2.64. The van der Waals surface area contributed by atoms with E-state index in [0.29, 0.717) is 11.5 Å². The fourth-order valence-corrected chi connectivity index (χ4v) is 1.36. The van der Waals surface area contributed by atoms with Crippen LogP contribution < -0.4 is 20.1 Å². The summed E-state index contributed by atoms with van der Waals surface area (Å²) < 4.78 is 10.1. The Morgan fingerprint density at radius 3 is 2.81 bits per heavy atom. The summed E-state index contributed by atoms with van der Waals surface area (Å²) in [5, 5.41) is 5.80. The molecule has 1 heterocycles. The Bertz CT molecular complexity index is 377. The standard InChI is InChI=1S/C11H14N2O3/c1-15-9-3-2-4-10(5-9)16-11(14)13-8-6-12-7-8/h2-5,8,12H,6-7H2,1H3,(H,13,14). The summed E-state index contributed by atoms with van der Waals surface area (Å²) in [5.74, 6) is 1.14. The molecule has 5 heteroatoms. The van der Waals surface area contributed by atoms with Crippen LogP contribution in [0.1, 0.15) is 0 Å². The smallest absolute Gasteiger partial charge is 0.412 e. The van der Waals surface area contributed by atoms with Crippen LogP contribution in [0.5, 0.6) is 11.5 Å². The summed E-state index contributed by atoms with van der Waals surface area (Å²) in [6.45, 7) is 1.60. The number of methoxy groups -OCH3 is 1. The van der Waals surface area contributed by atoms with Crippen molar-refractivity contribution in [3.8, 4) is 11.5 Å². The lowest BCUT2D eigenvalue weighted by atomic mass is 10.2. The monoisotopic (exact) mass is 222 g/mol. The van der Waals surface area contributed by atoms with E-state index in [4.69, 9.17) is 9.47 Å². The summed E-state index contributed by atoms with van der Waals surface area (Å²) in [6, 6.07) is 7.12. The normalized spacial score (nSPS) is 15.1. The number of hydrogen-bond donors (Lipinski definition) is 2. The molecule has 0 radical (unpaired) electrons. The highest BCUT2D eigenvalue weighted by atomic mass is 16.6. The van der Waals surface area contributed by atoms with Crippen LogP contribution in [0.4, 0.5) is 4.79 Å². The van der Waals surface area contributed by atoms with Crippen molar-refractivity contribution >= 4 is 6.09 Å². The van der Waals surface area contributed by atoms with Crippen LogP contribution in [0.25, 0.3) is 0 Å². The van der Waals surface area contributed by atoms with E-state index < -0.39 is 6.09 Å². The van der Waals surface area contributed by atoms with Gasteiger partial charge in [0.15, 0.2) is 0 Å². The number of amides is 1. The lowest BCUT2D eigenvalue weighted by Gasteiger charge is -2.27. The molecule has 2 N–H and O–H groups in total. The second-order valence-electron chi connectivity index (χ2n) is 3.57. The van der Waals surface area contributed by atoms with Gasteiger partial charge in [-0.1, -0.05) is 6.07 Å². The van der Waals surface area contributed by atoms with Crippen molar-refractivity contribution in [1.29, 1.82) is 0 Å². The molecule has 0 atom stereocenters. The quantitative estimate of drug-likeness (QED) is 0.792. The number of rotatable bonds is 3. The van der Waals surface area contributed by atoms with E-state index in [-0.39, 0.29) is 6.04 Å². The Kier molecular flexibility index (Phi) is 3.26. The molecular formula is C11H14N2O3. The summed E-state index contributed by atoms with van der Waals surface area (Å²) >= 11 is 0. The predicted octanol–water partition coefficient (Wildman–Crippen LogP) is 0.755. The molecule has 0 bridgehead atoms. The molecule has 0 spiro atoms. The van der Waals surface area contributed by atoms with Crippen molar-refractivity contribution in [3.63, 3.8) is 0 Å². The van der Waals surface area contributed by atoms with Crippen LogP contribution in [0, 0.1) is 0 Å². The number of benzene rings is 1. The lowest BCUT2D eigenvalue weighted by Crippen LogP contribution is -2.57. The molecular weight excluding hydrogens is 208 g/mol. The first-order chi connectivity index (χ1) is 7.78. The topological polar surface area (TPSA) is 59.6 Å². The van der Waals surface area contributed by atoms with E-state index >= 15 is 0 Å². The van der Waals surface area contributed by atoms with Crippen molar-refractivity contribution < 1.29 is 14.3 Å². The summed E-state index contributed by atoms with van der Waals surface area (Å²) in [4.78, 5) is 11.4. The van der Waals surface area contributed by atoms with Gasteiger partial charge in [-0.15, -0.1) is 0 Å². The van der Waals surface area contributed by atoms with Gasteiger partial charge >= 0.3 is 6.09 Å². The Balaban J connectivity index is 1.89. The maximum Gasteiger partial charge on any atom is 0.412 e. The fourth-order valence-electron chi connectivity index (χ4n) is 1.36. The Hall–Kier alpha value is -1.75. The molecule has 86 valence electrons. The molecule has 1 aliphatic rings. The average molecular weight is 222 g/mol. The molecule has 2 rings (SSSR count). The Morgan fingerprint density at radius 2 is 2.19 bits per heavy atom. The largest absolute Gasteiger partial charge is 0.497 e. The molecule has 5 nitrogen and oxygen atoms in total. The summed E-state index contributed by atoms with van der Waals surface area (Å²) in [5.41, 5.74) is 0. The lowest BCUT2D eigenvalue weighted by molar-refractivity contribution is 0.190. The van der Waals surface area contributed by atoms with Crippen LogP contribution in [0.2, 0.25) is 0 Å². The summed E-state index contributed by atoms with van der Waals surface area (Å²) in [6.07, 6.45) is -0.431. The molecule has 1 aliphatic heterocycles. The molecule has 0 aliphatic carbocycles. The van der Waals surface area contributed by atoms with Crippen molar-refractivity contribution in [1.82, 2.24) is 10.6 Å². The van der Waals surface area contributed by atoms with Gasteiger partial charge in [0.25, 0.3) is 0 Å². The molecule has 1 fully saturated rings. The second kappa shape index (κ2) is 4.85. The first-order valence-corrected chi connectivity index (χ1v) is 5.11. The molecule has 0 aromatic heterocycles. The highest BCUT2D eigenvalue weighted by Crippen LogP contribution is 2.18. The number of ether oxygens (including phenoxy) is 2. The van der Waals surface area contributed by atoms with Gasteiger partial charge in [0.1, 0.15) is 11.5 Å². The van der Waals surface area contributed by atoms with Crippen molar-refractivity contribution in [2.45, 2.75) is 6.04 Å². The third-order valence-corrected chi connectivity index (χ3v) is 2.36. The van der Waals surface area contributed by atoms with Crippen molar-refractivity contribution in [2.75, 3.05) is 20.2 Å². The second-order valence-corrected chi connectivity index (χ2v) is 3.57. The first-order valence-electron chi connectivity index (χ1n) is 5.11. The van der Waals surface area contributed by atoms with Crippen molar-refractivity contribution in [2.24, 2.45) is 0 Å². The van der Waals surface area contributed by atoms with Gasteiger partial charge in [-0.05, 0) is 12.1 Å². The van der Waals surface area contributed by atoms with Crippen LogP contribution in [-0.4, -0.2) is 32.3 Å². The predicted molar refractivity (Wildman–Crippen MR) is 58.8 cm³/mol. The maximum atomic E-state index is 11.4. The van der Waals surface area contributed by atoms with Gasteiger partial charge in [-0.3, -0.25) is 0 Å². The molecule has 1 aromatic rings. The molecule has 1 saturated heterocycles. The van der Waals surface area contributed by atoms with Gasteiger partial charge in [-0.25, -0.2) is 4.79 Å². The van der Waals surface area contributed by atoms with Crippen LogP contribution >= 0.6 is 0 Å². The van der Waals surface area contributed by atoms with Crippen LogP contribution in [0.15, 0.2) is 24.3 Å². The Morgan fingerprint density at radius 1 is 1.44 bits per heavy atom. The maximum absolute atomic E-state index is 11.4. The number of carbonyl (C=O) groups excluding carboxylic acids is 1. The Labute approximate surface area is 93.7 Å². The highest BCUT2D eigenvalue weighted by molar-refractivity contribution is 5.71. The molecule has 16 heavy (non-hydrogen) atoms. The average Bonchev–Trinajstić information content (AvgIpc) is 2.24. The minimum Gasteiger partial charge on any atom is -0.497 e. The van der Waals surface area contributed by atoms with Gasteiger partial charge in [0, 0.05) is 19.2 Å². The van der Waals surface area contributed by atoms with E-state index in [1.807, 2.05) is 0 Å². The van der Waals surface area contributed by atoms with E-state index in [0.717, 1.165) is 13.1 Å². The van der Waals surface area contributed by atoms with Gasteiger partial charge in [-0.2, -0.15) is 0 Å². The minimum atomic E-state index is -0.431. The highest BCUT2D eigenvalue weighted by Gasteiger charge is 2.19. The van der Waals surface area contributed by atoms with Crippen LogP contribution in [-0.2, 0) is 0 Å². The van der Waals surface area contributed by atoms with Gasteiger partial charge in [0.2, 0.25) is 0 Å². The first kappa shape index (κ1) is 10.8. The summed E-state index contributed by atoms with van der Waals surface area (Å²) in [7, 11) is 1.57. The third-order valence-electron chi connectivity index (χ3n) is 2.36. The van der Waals surface area contributed by atoms with E-state index in [9.17, 15) is 4.79 Å². The zero-order valence-electron chi connectivity index (χ0n) is 9.03. The van der Waals surface area contributed by atoms with Gasteiger partial charge < -0.3 is 20.1 Å². The van der Waals surface area contributed by atoms with E-state index in [1.165, 1.54) is 0 Å². The molecule has 0 unspecified atom stereocenters. The molecule has 1 amide bonds.